The predicted molar refractivity (Wildman–Crippen MR) is 76.2 cm³/mol. The summed E-state index contributed by atoms with van der Waals surface area (Å²) in [6.45, 7) is 6.05. The first-order valence-electron chi connectivity index (χ1n) is 6.29. The number of anilines is 1. The molecule has 5 nitrogen and oxygen atoms in total. The zero-order chi connectivity index (χ0) is 14.5. The summed E-state index contributed by atoms with van der Waals surface area (Å²) in [6, 6.07) is 6.81. The van der Waals surface area contributed by atoms with E-state index in [1.165, 1.54) is 0 Å². The zero-order valence-electron chi connectivity index (χ0n) is 11.8. The van der Waals surface area contributed by atoms with E-state index < -0.39 is 5.54 Å². The third kappa shape index (κ3) is 4.06. The van der Waals surface area contributed by atoms with E-state index in [1.54, 1.807) is 45.2 Å². The maximum Gasteiger partial charge on any atom is 0.251 e. The molecule has 0 saturated carbocycles. The minimum atomic E-state index is -0.641. The van der Waals surface area contributed by atoms with Crippen molar-refractivity contribution in [3.63, 3.8) is 0 Å². The van der Waals surface area contributed by atoms with Gasteiger partial charge in [0.2, 0.25) is 5.91 Å². The van der Waals surface area contributed by atoms with Crippen LogP contribution in [-0.2, 0) is 4.79 Å². The van der Waals surface area contributed by atoms with Crippen LogP contribution in [-0.4, -0.2) is 30.9 Å². The Morgan fingerprint density at radius 1 is 1.16 bits per heavy atom. The smallest absolute Gasteiger partial charge is 0.251 e. The zero-order valence-corrected chi connectivity index (χ0v) is 11.8. The van der Waals surface area contributed by atoms with Gasteiger partial charge in [0.15, 0.2) is 0 Å². The normalized spacial score (nSPS) is 10.9. The molecule has 0 unspecified atom stereocenters. The standard InChI is InChI=1S/C14H21N3O2/c1-5-16-12(18)10-6-8-11(9-7-10)17-13(19)14(2,3)15-4/h6-9,15H,5H2,1-4H3,(H,16,18)(H,17,19). The minimum Gasteiger partial charge on any atom is -0.352 e. The second-order valence-electron chi connectivity index (χ2n) is 4.77. The number of hydrogen-bond acceptors (Lipinski definition) is 3. The highest BCUT2D eigenvalue weighted by molar-refractivity contribution is 5.98. The summed E-state index contributed by atoms with van der Waals surface area (Å²) in [5.74, 6) is -0.239. The summed E-state index contributed by atoms with van der Waals surface area (Å²) in [4.78, 5) is 23.5. The third-order valence-corrected chi connectivity index (χ3v) is 2.93. The summed E-state index contributed by atoms with van der Waals surface area (Å²) < 4.78 is 0. The SMILES string of the molecule is CCNC(=O)c1ccc(NC(=O)C(C)(C)NC)cc1. The first kappa shape index (κ1) is 15.2. The summed E-state index contributed by atoms with van der Waals surface area (Å²) in [5.41, 5.74) is 0.604. The molecule has 1 rings (SSSR count). The number of rotatable bonds is 5. The number of nitrogens with one attached hydrogen (secondary N) is 3. The summed E-state index contributed by atoms with van der Waals surface area (Å²) in [5, 5.41) is 8.45. The molecule has 0 spiro atoms. The van der Waals surface area contributed by atoms with Crippen LogP contribution >= 0.6 is 0 Å². The van der Waals surface area contributed by atoms with E-state index in [1.807, 2.05) is 6.92 Å². The second-order valence-corrected chi connectivity index (χ2v) is 4.77. The fourth-order valence-corrected chi connectivity index (χ4v) is 1.37. The molecule has 0 aliphatic heterocycles. The van der Waals surface area contributed by atoms with Crippen molar-refractivity contribution in [2.75, 3.05) is 18.9 Å². The van der Waals surface area contributed by atoms with Crippen molar-refractivity contribution < 1.29 is 9.59 Å². The van der Waals surface area contributed by atoms with Gasteiger partial charge in [-0.3, -0.25) is 9.59 Å². The van der Waals surface area contributed by atoms with Crippen molar-refractivity contribution >= 4 is 17.5 Å². The third-order valence-electron chi connectivity index (χ3n) is 2.93. The Labute approximate surface area is 113 Å². The van der Waals surface area contributed by atoms with Crippen LogP contribution in [0, 0.1) is 0 Å². The van der Waals surface area contributed by atoms with Crippen molar-refractivity contribution in [2.24, 2.45) is 0 Å². The molecular formula is C14H21N3O2. The van der Waals surface area contributed by atoms with E-state index in [-0.39, 0.29) is 11.8 Å². The number of carbonyl (C=O) groups excluding carboxylic acids is 2. The summed E-state index contributed by atoms with van der Waals surface area (Å²) >= 11 is 0. The lowest BCUT2D eigenvalue weighted by Gasteiger charge is -2.22. The summed E-state index contributed by atoms with van der Waals surface area (Å²) in [7, 11) is 1.73. The van der Waals surface area contributed by atoms with E-state index in [0.717, 1.165) is 0 Å². The Morgan fingerprint density at radius 2 is 1.74 bits per heavy atom. The molecule has 19 heavy (non-hydrogen) atoms. The van der Waals surface area contributed by atoms with Gasteiger partial charge in [-0.15, -0.1) is 0 Å². The molecule has 0 heterocycles. The monoisotopic (exact) mass is 263 g/mol. The second kappa shape index (κ2) is 6.33. The lowest BCUT2D eigenvalue weighted by molar-refractivity contribution is -0.121. The molecule has 5 heteroatoms. The highest BCUT2D eigenvalue weighted by Crippen LogP contribution is 2.12. The fraction of sp³-hybridized carbons (Fsp3) is 0.429. The fourth-order valence-electron chi connectivity index (χ4n) is 1.37. The van der Waals surface area contributed by atoms with Crippen LogP contribution < -0.4 is 16.0 Å². The molecule has 1 aromatic rings. The van der Waals surface area contributed by atoms with Gasteiger partial charge in [-0.25, -0.2) is 0 Å². The maximum atomic E-state index is 11.9. The molecule has 2 amide bonds. The van der Waals surface area contributed by atoms with Crippen LogP contribution in [0.3, 0.4) is 0 Å². The Hall–Kier alpha value is -1.88. The van der Waals surface area contributed by atoms with E-state index in [4.69, 9.17) is 0 Å². The van der Waals surface area contributed by atoms with Crippen LogP contribution in [0.25, 0.3) is 0 Å². The van der Waals surface area contributed by atoms with Gasteiger partial charge in [-0.05, 0) is 52.1 Å². The van der Waals surface area contributed by atoms with Crippen LogP contribution in [0.5, 0.6) is 0 Å². The van der Waals surface area contributed by atoms with Crippen molar-refractivity contribution in [1.82, 2.24) is 10.6 Å². The molecule has 0 aliphatic rings. The van der Waals surface area contributed by atoms with Crippen molar-refractivity contribution in [2.45, 2.75) is 26.3 Å². The molecule has 0 atom stereocenters. The lowest BCUT2D eigenvalue weighted by atomic mass is 10.0. The van der Waals surface area contributed by atoms with E-state index in [2.05, 4.69) is 16.0 Å². The highest BCUT2D eigenvalue weighted by atomic mass is 16.2. The van der Waals surface area contributed by atoms with Crippen LogP contribution in [0.4, 0.5) is 5.69 Å². The number of hydrogen-bond donors (Lipinski definition) is 3. The van der Waals surface area contributed by atoms with E-state index >= 15 is 0 Å². The van der Waals surface area contributed by atoms with Gasteiger partial charge in [0.05, 0.1) is 5.54 Å². The molecule has 1 aromatic carbocycles. The maximum absolute atomic E-state index is 11.9. The molecule has 0 bridgehead atoms. The average Bonchev–Trinajstić information content (AvgIpc) is 2.39. The van der Waals surface area contributed by atoms with Crippen LogP contribution in [0.2, 0.25) is 0 Å². The first-order chi connectivity index (χ1) is 8.90. The highest BCUT2D eigenvalue weighted by Gasteiger charge is 2.24. The number of likely N-dealkylation sites (N-methyl/N-ethyl adjacent to an activating group) is 1. The molecule has 104 valence electrons. The van der Waals surface area contributed by atoms with Gasteiger partial charge < -0.3 is 16.0 Å². The van der Waals surface area contributed by atoms with Crippen molar-refractivity contribution in [3.8, 4) is 0 Å². The molecule has 0 radical (unpaired) electrons. The molecule has 0 aliphatic carbocycles. The Bertz CT molecular complexity index is 452. The van der Waals surface area contributed by atoms with Gasteiger partial charge in [0.1, 0.15) is 0 Å². The summed E-state index contributed by atoms with van der Waals surface area (Å²) in [6.07, 6.45) is 0. The number of amides is 2. The van der Waals surface area contributed by atoms with Crippen molar-refractivity contribution in [1.29, 1.82) is 0 Å². The number of carbonyl (C=O) groups is 2. The topological polar surface area (TPSA) is 70.2 Å². The van der Waals surface area contributed by atoms with Gasteiger partial charge in [0, 0.05) is 17.8 Å². The van der Waals surface area contributed by atoms with Gasteiger partial charge in [0.25, 0.3) is 5.91 Å². The van der Waals surface area contributed by atoms with Gasteiger partial charge >= 0.3 is 0 Å². The number of benzene rings is 1. The minimum absolute atomic E-state index is 0.115. The first-order valence-corrected chi connectivity index (χ1v) is 6.29. The quantitative estimate of drug-likeness (QED) is 0.751. The Morgan fingerprint density at radius 3 is 2.21 bits per heavy atom. The molecule has 0 aromatic heterocycles. The van der Waals surface area contributed by atoms with Gasteiger partial charge in [-0.1, -0.05) is 0 Å². The van der Waals surface area contributed by atoms with Crippen LogP contribution in [0.1, 0.15) is 31.1 Å². The average molecular weight is 263 g/mol. The molecule has 3 N–H and O–H groups in total. The Balaban J connectivity index is 2.72. The molecule has 0 fully saturated rings. The van der Waals surface area contributed by atoms with E-state index in [0.29, 0.717) is 17.8 Å². The van der Waals surface area contributed by atoms with Crippen molar-refractivity contribution in [3.05, 3.63) is 29.8 Å². The predicted octanol–water partition coefficient (Wildman–Crippen LogP) is 1.37. The largest absolute Gasteiger partial charge is 0.352 e. The lowest BCUT2D eigenvalue weighted by Crippen LogP contribution is -2.47. The van der Waals surface area contributed by atoms with E-state index in [9.17, 15) is 9.59 Å². The molecule has 0 saturated heterocycles. The Kier molecular flexibility index (Phi) is 5.06. The van der Waals surface area contributed by atoms with Crippen LogP contribution in [0.15, 0.2) is 24.3 Å². The molecular weight excluding hydrogens is 242 g/mol. The van der Waals surface area contributed by atoms with Gasteiger partial charge in [-0.2, -0.15) is 0 Å².